The Labute approximate surface area is 172 Å². The molecule has 3 aromatic carbocycles. The number of nitrogens with zero attached hydrogens (tertiary/aromatic N) is 3. The predicted molar refractivity (Wildman–Crippen MR) is 115 cm³/mol. The minimum absolute atomic E-state index is 0.246. The van der Waals surface area contributed by atoms with Gasteiger partial charge in [0.2, 0.25) is 0 Å². The first-order valence-corrected chi connectivity index (χ1v) is 9.53. The molecule has 0 atom stereocenters. The number of fused-ring (bicyclic) bond motifs is 1. The van der Waals surface area contributed by atoms with Crippen molar-refractivity contribution >= 4 is 11.0 Å². The zero-order valence-electron chi connectivity index (χ0n) is 16.0. The van der Waals surface area contributed by atoms with E-state index in [9.17, 15) is 5.26 Å². The molecule has 5 rings (SSSR count). The van der Waals surface area contributed by atoms with Gasteiger partial charge in [-0.25, -0.2) is 4.98 Å². The van der Waals surface area contributed by atoms with Crippen molar-refractivity contribution in [2.24, 2.45) is 0 Å². The highest BCUT2D eigenvalue weighted by Crippen LogP contribution is 2.33. The number of hydrogen-bond acceptors (Lipinski definition) is 4. The summed E-state index contributed by atoms with van der Waals surface area (Å²) in [6.45, 7) is 0.246. The van der Waals surface area contributed by atoms with Crippen LogP contribution in [0.2, 0.25) is 0 Å². The molecule has 2 aromatic heterocycles. The van der Waals surface area contributed by atoms with Crippen LogP contribution in [0.25, 0.3) is 33.7 Å². The Bertz CT molecular complexity index is 1330. The van der Waals surface area contributed by atoms with Crippen molar-refractivity contribution in [3.63, 3.8) is 0 Å². The summed E-state index contributed by atoms with van der Waals surface area (Å²) in [6, 6.07) is 27.2. The molecule has 2 N–H and O–H groups in total. The Morgan fingerprint density at radius 2 is 1.67 bits per heavy atom. The first-order valence-electron chi connectivity index (χ1n) is 9.53. The molecule has 0 aliphatic carbocycles. The molecule has 0 spiro atoms. The molecule has 0 unspecified atom stereocenters. The molecule has 6 heteroatoms. The van der Waals surface area contributed by atoms with Gasteiger partial charge in [-0.3, -0.25) is 5.10 Å². The number of aromatic nitrogens is 4. The van der Waals surface area contributed by atoms with Gasteiger partial charge in [0.15, 0.2) is 5.82 Å². The summed E-state index contributed by atoms with van der Waals surface area (Å²) in [4.78, 5) is 8.06. The van der Waals surface area contributed by atoms with E-state index in [0.29, 0.717) is 17.1 Å². The predicted octanol–water partition coefficient (Wildman–Crippen LogP) is 5.07. The van der Waals surface area contributed by atoms with Crippen LogP contribution in [-0.4, -0.2) is 20.2 Å². The van der Waals surface area contributed by atoms with Gasteiger partial charge >= 0.3 is 0 Å². The Balaban J connectivity index is 1.57. The molecule has 0 saturated carbocycles. The molecule has 0 aliphatic rings. The van der Waals surface area contributed by atoms with E-state index >= 15 is 0 Å². The average molecular weight is 391 g/mol. The topological polar surface area (TPSA) is 90.4 Å². The first kappa shape index (κ1) is 17.7. The smallest absolute Gasteiger partial charge is 0.159 e. The molecule has 144 valence electrons. The van der Waals surface area contributed by atoms with Crippen LogP contribution in [-0.2, 0) is 6.61 Å². The van der Waals surface area contributed by atoms with Crippen LogP contribution < -0.4 is 4.74 Å². The van der Waals surface area contributed by atoms with Crippen molar-refractivity contribution in [3.05, 3.63) is 90.1 Å². The SMILES string of the molecule is N#Cc1ccccc1OCc1[nH]nc(-c2nc3ccccc3[nH]2)c1-c1ccccc1. The molecular weight excluding hydrogens is 374 g/mol. The van der Waals surface area contributed by atoms with Crippen LogP contribution in [0.5, 0.6) is 5.75 Å². The van der Waals surface area contributed by atoms with Gasteiger partial charge in [0, 0.05) is 5.56 Å². The Hall–Kier alpha value is -4.37. The molecule has 0 bridgehead atoms. The number of aromatic amines is 2. The lowest BCUT2D eigenvalue weighted by atomic mass is 10.0. The molecule has 2 heterocycles. The minimum atomic E-state index is 0.246. The number of rotatable bonds is 5. The van der Waals surface area contributed by atoms with E-state index in [-0.39, 0.29) is 6.61 Å². The fourth-order valence-corrected chi connectivity index (χ4v) is 3.47. The Morgan fingerprint density at radius 1 is 0.900 bits per heavy atom. The van der Waals surface area contributed by atoms with E-state index in [2.05, 4.69) is 21.3 Å². The third-order valence-electron chi connectivity index (χ3n) is 4.90. The van der Waals surface area contributed by atoms with Crippen molar-refractivity contribution in [3.8, 4) is 34.5 Å². The van der Waals surface area contributed by atoms with Crippen molar-refractivity contribution in [2.45, 2.75) is 6.61 Å². The van der Waals surface area contributed by atoms with E-state index in [4.69, 9.17) is 9.72 Å². The van der Waals surface area contributed by atoms with Gasteiger partial charge in [-0.1, -0.05) is 54.6 Å². The third-order valence-corrected chi connectivity index (χ3v) is 4.90. The van der Waals surface area contributed by atoms with Gasteiger partial charge in [-0.2, -0.15) is 10.4 Å². The molecule has 0 fully saturated rings. The Kier molecular flexibility index (Phi) is 4.47. The van der Waals surface area contributed by atoms with Gasteiger partial charge in [-0.15, -0.1) is 0 Å². The molecule has 0 aliphatic heterocycles. The molecule has 5 aromatic rings. The summed E-state index contributed by atoms with van der Waals surface area (Å²) >= 11 is 0. The summed E-state index contributed by atoms with van der Waals surface area (Å²) in [6.07, 6.45) is 0. The van der Waals surface area contributed by atoms with Crippen LogP contribution >= 0.6 is 0 Å². The average Bonchev–Trinajstić information content (AvgIpc) is 3.42. The van der Waals surface area contributed by atoms with Crippen LogP contribution in [0, 0.1) is 11.3 Å². The molecule has 0 saturated heterocycles. The highest BCUT2D eigenvalue weighted by Gasteiger charge is 2.20. The number of benzene rings is 3. The maximum Gasteiger partial charge on any atom is 0.159 e. The lowest BCUT2D eigenvalue weighted by molar-refractivity contribution is 0.301. The fraction of sp³-hybridized carbons (Fsp3) is 0.0417. The highest BCUT2D eigenvalue weighted by atomic mass is 16.5. The van der Waals surface area contributed by atoms with Crippen molar-refractivity contribution in [1.82, 2.24) is 20.2 Å². The summed E-state index contributed by atoms with van der Waals surface area (Å²) < 4.78 is 5.96. The quantitative estimate of drug-likeness (QED) is 0.438. The third kappa shape index (κ3) is 3.19. The number of nitrogens with one attached hydrogen (secondary N) is 2. The van der Waals surface area contributed by atoms with E-state index in [1.807, 2.05) is 66.7 Å². The number of imidazole rings is 1. The van der Waals surface area contributed by atoms with Gasteiger partial charge in [0.05, 0.1) is 22.3 Å². The number of nitriles is 1. The van der Waals surface area contributed by atoms with Crippen LogP contribution in [0.3, 0.4) is 0 Å². The number of para-hydroxylation sites is 3. The molecule has 0 amide bonds. The molecule has 6 nitrogen and oxygen atoms in total. The largest absolute Gasteiger partial charge is 0.486 e. The van der Waals surface area contributed by atoms with E-state index in [0.717, 1.165) is 33.5 Å². The second kappa shape index (κ2) is 7.57. The van der Waals surface area contributed by atoms with Gasteiger partial charge in [0.1, 0.15) is 24.1 Å². The van der Waals surface area contributed by atoms with Gasteiger partial charge in [0.25, 0.3) is 0 Å². The summed E-state index contributed by atoms with van der Waals surface area (Å²) in [5.41, 5.74) is 5.80. The van der Waals surface area contributed by atoms with Crippen LogP contribution in [0.15, 0.2) is 78.9 Å². The van der Waals surface area contributed by atoms with Crippen molar-refractivity contribution in [1.29, 1.82) is 5.26 Å². The van der Waals surface area contributed by atoms with Crippen molar-refractivity contribution in [2.75, 3.05) is 0 Å². The first-order chi connectivity index (χ1) is 14.8. The summed E-state index contributed by atoms with van der Waals surface area (Å²) in [5.74, 6) is 1.23. The van der Waals surface area contributed by atoms with Gasteiger partial charge < -0.3 is 9.72 Å². The van der Waals surface area contributed by atoms with E-state index in [1.54, 1.807) is 12.1 Å². The normalized spacial score (nSPS) is 10.8. The van der Waals surface area contributed by atoms with Crippen LogP contribution in [0.1, 0.15) is 11.3 Å². The lowest BCUT2D eigenvalue weighted by Crippen LogP contribution is -1.99. The minimum Gasteiger partial charge on any atom is -0.486 e. The number of ether oxygens (including phenoxy) is 1. The highest BCUT2D eigenvalue weighted by molar-refractivity contribution is 5.85. The zero-order valence-corrected chi connectivity index (χ0v) is 16.0. The molecule has 0 radical (unpaired) electrons. The maximum absolute atomic E-state index is 9.31. The van der Waals surface area contributed by atoms with Crippen LogP contribution in [0.4, 0.5) is 0 Å². The van der Waals surface area contributed by atoms with Crippen molar-refractivity contribution < 1.29 is 4.74 Å². The summed E-state index contributed by atoms with van der Waals surface area (Å²) in [7, 11) is 0. The fourth-order valence-electron chi connectivity index (χ4n) is 3.47. The monoisotopic (exact) mass is 391 g/mol. The number of H-pyrrole nitrogens is 2. The van der Waals surface area contributed by atoms with Gasteiger partial charge in [-0.05, 0) is 29.8 Å². The van der Waals surface area contributed by atoms with E-state index in [1.165, 1.54) is 0 Å². The lowest BCUT2D eigenvalue weighted by Gasteiger charge is -2.09. The van der Waals surface area contributed by atoms with E-state index < -0.39 is 0 Å². The standard InChI is InChI=1S/C24H17N5O/c25-14-17-10-4-7-13-21(17)30-15-20-22(16-8-2-1-3-9-16)23(29-28-20)24-26-18-11-5-6-12-19(18)27-24/h1-13H,15H2,(H,26,27)(H,28,29). The second-order valence-corrected chi connectivity index (χ2v) is 6.79. The second-order valence-electron chi connectivity index (χ2n) is 6.79. The summed E-state index contributed by atoms with van der Waals surface area (Å²) in [5, 5.41) is 17.0. The maximum atomic E-state index is 9.31. The number of hydrogen-bond donors (Lipinski definition) is 2. The zero-order chi connectivity index (χ0) is 20.3. The molecule has 30 heavy (non-hydrogen) atoms. The Morgan fingerprint density at radius 3 is 2.50 bits per heavy atom. The molecular formula is C24H17N5O.